The molecule has 6 heteroatoms. The lowest BCUT2D eigenvalue weighted by Crippen LogP contribution is -2.05. The monoisotopic (exact) mass is 396 g/mol. The van der Waals surface area contributed by atoms with Gasteiger partial charge in [-0.25, -0.2) is 0 Å². The molecule has 0 unspecified atom stereocenters. The Hall–Kier alpha value is -3.28. The fraction of sp³-hybridized carbons (Fsp3) is 0.174. The highest BCUT2D eigenvalue weighted by Gasteiger charge is 2.30. The summed E-state index contributed by atoms with van der Waals surface area (Å²) in [4.78, 5) is 7.72. The molecule has 2 aromatic heterocycles. The largest absolute Gasteiger partial charge is 0.493 e. The van der Waals surface area contributed by atoms with Gasteiger partial charge in [-0.05, 0) is 48.9 Å². The van der Waals surface area contributed by atoms with Crippen LogP contribution in [0.25, 0.3) is 22.2 Å². The van der Waals surface area contributed by atoms with Crippen LogP contribution >= 0.6 is 0 Å². The van der Waals surface area contributed by atoms with Crippen molar-refractivity contribution in [3.05, 3.63) is 83.7 Å². The van der Waals surface area contributed by atoms with E-state index in [9.17, 15) is 13.2 Å². The molecule has 0 bridgehead atoms. The lowest BCUT2D eigenvalue weighted by molar-refractivity contribution is -0.137. The van der Waals surface area contributed by atoms with Crippen molar-refractivity contribution in [2.45, 2.75) is 19.5 Å². The lowest BCUT2D eigenvalue weighted by Gasteiger charge is -2.11. The first-order valence-electron chi connectivity index (χ1n) is 9.25. The third kappa shape index (κ3) is 4.11. The number of ether oxygens (including phenoxy) is 1. The van der Waals surface area contributed by atoms with Crippen molar-refractivity contribution >= 4 is 10.9 Å². The molecule has 0 saturated heterocycles. The summed E-state index contributed by atoms with van der Waals surface area (Å²) < 4.78 is 44.1. The van der Waals surface area contributed by atoms with Gasteiger partial charge in [0, 0.05) is 34.8 Å². The van der Waals surface area contributed by atoms with Crippen molar-refractivity contribution in [3.8, 4) is 17.0 Å². The van der Waals surface area contributed by atoms with Gasteiger partial charge < -0.3 is 9.72 Å². The van der Waals surface area contributed by atoms with E-state index in [4.69, 9.17) is 4.74 Å². The minimum Gasteiger partial charge on any atom is -0.493 e. The lowest BCUT2D eigenvalue weighted by atomic mass is 10.1. The molecule has 3 nitrogen and oxygen atoms in total. The number of nitrogens with zero attached hydrogens (tertiary/aromatic N) is 1. The number of fused-ring (bicyclic) bond motifs is 1. The number of aryl methyl sites for hydroxylation is 1. The highest BCUT2D eigenvalue weighted by atomic mass is 19.4. The Morgan fingerprint density at radius 2 is 1.76 bits per heavy atom. The Labute approximate surface area is 166 Å². The first-order chi connectivity index (χ1) is 13.9. The quantitative estimate of drug-likeness (QED) is 0.437. The summed E-state index contributed by atoms with van der Waals surface area (Å²) in [7, 11) is 0. The summed E-state index contributed by atoms with van der Waals surface area (Å²) in [6.45, 7) is 2.40. The minimum atomic E-state index is -4.34. The molecule has 0 radical (unpaired) electrons. The Balaban J connectivity index is 1.44. The molecule has 4 aromatic rings. The summed E-state index contributed by atoms with van der Waals surface area (Å²) >= 11 is 0. The third-order valence-electron chi connectivity index (χ3n) is 4.89. The smallest absolute Gasteiger partial charge is 0.416 e. The molecule has 0 aliphatic carbocycles. The summed E-state index contributed by atoms with van der Waals surface area (Å²) in [5.41, 5.74) is 3.55. The van der Waals surface area contributed by atoms with Gasteiger partial charge in [-0.1, -0.05) is 24.3 Å². The van der Waals surface area contributed by atoms with Gasteiger partial charge in [0.2, 0.25) is 0 Å². The normalized spacial score (nSPS) is 11.7. The van der Waals surface area contributed by atoms with E-state index in [0.29, 0.717) is 24.3 Å². The maximum atomic E-state index is 12.7. The Morgan fingerprint density at radius 3 is 2.48 bits per heavy atom. The van der Waals surface area contributed by atoms with Gasteiger partial charge in [-0.2, -0.15) is 13.2 Å². The average Bonchev–Trinajstić information content (AvgIpc) is 3.18. The van der Waals surface area contributed by atoms with Gasteiger partial charge >= 0.3 is 6.18 Å². The Morgan fingerprint density at radius 1 is 0.966 bits per heavy atom. The highest BCUT2D eigenvalue weighted by molar-refractivity contribution is 5.85. The van der Waals surface area contributed by atoms with Crippen LogP contribution in [-0.4, -0.2) is 16.6 Å². The molecule has 29 heavy (non-hydrogen) atoms. The number of pyridine rings is 1. The number of hydrogen-bond donors (Lipinski definition) is 1. The number of benzene rings is 2. The SMILES string of the molecule is Cc1nc(-c2ccc(C(F)(F)F)cc2)ccc1CCOc1cccc2[nH]ccc12. The summed E-state index contributed by atoms with van der Waals surface area (Å²) in [6, 6.07) is 16.7. The standard InChI is InChI=1S/C23H19F3N2O/c1-15-16(12-14-29-22-4-2-3-21-19(22)11-13-27-21)7-10-20(28-15)17-5-8-18(9-6-17)23(24,25)26/h2-11,13,27H,12,14H2,1H3. The van der Waals surface area contributed by atoms with Gasteiger partial charge in [-0.15, -0.1) is 0 Å². The number of hydrogen-bond acceptors (Lipinski definition) is 2. The number of aromatic nitrogens is 2. The van der Waals surface area contributed by atoms with E-state index in [1.54, 1.807) is 0 Å². The molecule has 0 aliphatic rings. The fourth-order valence-corrected chi connectivity index (χ4v) is 3.30. The predicted octanol–water partition coefficient (Wildman–Crippen LogP) is 6.18. The second-order valence-corrected chi connectivity index (χ2v) is 6.81. The van der Waals surface area contributed by atoms with Crippen molar-refractivity contribution in [2.75, 3.05) is 6.61 Å². The van der Waals surface area contributed by atoms with Crippen LogP contribution < -0.4 is 4.74 Å². The first-order valence-corrected chi connectivity index (χ1v) is 9.25. The predicted molar refractivity (Wildman–Crippen MR) is 107 cm³/mol. The molecule has 0 amide bonds. The number of aromatic amines is 1. The molecule has 2 aromatic carbocycles. The molecular weight excluding hydrogens is 377 g/mol. The van der Waals surface area contributed by atoms with E-state index < -0.39 is 11.7 Å². The average molecular weight is 396 g/mol. The number of nitrogens with one attached hydrogen (secondary N) is 1. The van der Waals surface area contributed by atoms with Crippen molar-refractivity contribution < 1.29 is 17.9 Å². The zero-order valence-corrected chi connectivity index (χ0v) is 15.8. The van der Waals surface area contributed by atoms with Crippen molar-refractivity contribution in [1.82, 2.24) is 9.97 Å². The second kappa shape index (κ2) is 7.62. The van der Waals surface area contributed by atoms with Crippen molar-refractivity contribution in [1.29, 1.82) is 0 Å². The molecule has 4 rings (SSSR count). The molecule has 148 valence electrons. The zero-order valence-electron chi connectivity index (χ0n) is 15.8. The van der Waals surface area contributed by atoms with Gasteiger partial charge in [0.1, 0.15) is 5.75 Å². The summed E-state index contributed by atoms with van der Waals surface area (Å²) in [5, 5.41) is 1.04. The van der Waals surface area contributed by atoms with E-state index >= 15 is 0 Å². The van der Waals surface area contributed by atoms with Crippen LogP contribution in [0.3, 0.4) is 0 Å². The van der Waals surface area contributed by atoms with Gasteiger partial charge in [0.15, 0.2) is 0 Å². The fourth-order valence-electron chi connectivity index (χ4n) is 3.30. The maximum absolute atomic E-state index is 12.7. The van der Waals surface area contributed by atoms with E-state index in [1.165, 1.54) is 12.1 Å². The molecule has 2 heterocycles. The molecule has 0 aliphatic heterocycles. The van der Waals surface area contributed by atoms with Crippen LogP contribution in [0.1, 0.15) is 16.8 Å². The number of alkyl halides is 3. The zero-order chi connectivity index (χ0) is 20.4. The summed E-state index contributed by atoms with van der Waals surface area (Å²) in [6.07, 6.45) is -1.77. The van der Waals surface area contributed by atoms with Crippen molar-refractivity contribution in [3.63, 3.8) is 0 Å². The van der Waals surface area contributed by atoms with Gasteiger partial charge in [0.05, 0.1) is 17.9 Å². The van der Waals surface area contributed by atoms with Gasteiger partial charge in [0.25, 0.3) is 0 Å². The van der Waals surface area contributed by atoms with E-state index in [2.05, 4.69) is 9.97 Å². The Kier molecular flexibility index (Phi) is 5.01. The van der Waals surface area contributed by atoms with Crippen LogP contribution in [0.15, 0.2) is 66.9 Å². The third-order valence-corrected chi connectivity index (χ3v) is 4.89. The van der Waals surface area contributed by atoms with Crippen LogP contribution in [0, 0.1) is 6.92 Å². The van der Waals surface area contributed by atoms with E-state index in [-0.39, 0.29) is 0 Å². The number of rotatable bonds is 5. The van der Waals surface area contributed by atoms with Crippen molar-refractivity contribution in [2.24, 2.45) is 0 Å². The van der Waals surface area contributed by atoms with Crippen LogP contribution in [0.5, 0.6) is 5.75 Å². The molecular formula is C23H19F3N2O. The Bertz CT molecular complexity index is 1130. The van der Waals surface area contributed by atoms with Crippen LogP contribution in [0.2, 0.25) is 0 Å². The first kappa shape index (κ1) is 19.1. The van der Waals surface area contributed by atoms with Crippen LogP contribution in [0.4, 0.5) is 13.2 Å². The van der Waals surface area contributed by atoms with Crippen LogP contribution in [-0.2, 0) is 12.6 Å². The molecule has 0 atom stereocenters. The number of H-pyrrole nitrogens is 1. The molecule has 1 N–H and O–H groups in total. The summed E-state index contributed by atoms with van der Waals surface area (Å²) in [5.74, 6) is 0.829. The topological polar surface area (TPSA) is 37.9 Å². The van der Waals surface area contributed by atoms with E-state index in [0.717, 1.165) is 40.0 Å². The number of halogens is 3. The minimum absolute atomic E-state index is 0.506. The van der Waals surface area contributed by atoms with E-state index in [1.807, 2.05) is 49.5 Å². The maximum Gasteiger partial charge on any atom is 0.416 e. The highest BCUT2D eigenvalue weighted by Crippen LogP contribution is 2.31. The molecule has 0 spiro atoms. The molecule has 0 fully saturated rings. The second-order valence-electron chi connectivity index (χ2n) is 6.81. The van der Waals surface area contributed by atoms with Gasteiger partial charge in [-0.3, -0.25) is 4.98 Å². The molecule has 0 saturated carbocycles.